The molecule has 1 fully saturated rings. The highest BCUT2D eigenvalue weighted by Crippen LogP contribution is 2.34. The molecule has 0 bridgehead atoms. The number of likely N-dealkylation sites (tertiary alicyclic amines) is 1. The van der Waals surface area contributed by atoms with Gasteiger partial charge in [0.05, 0.1) is 25.5 Å². The second kappa shape index (κ2) is 11.2. The van der Waals surface area contributed by atoms with Crippen LogP contribution in [-0.2, 0) is 6.54 Å². The summed E-state index contributed by atoms with van der Waals surface area (Å²) in [7, 11) is 7.05. The molecular formula is C28H34N4O3. The van der Waals surface area contributed by atoms with Gasteiger partial charge in [-0.05, 0) is 48.7 Å². The molecule has 35 heavy (non-hydrogen) atoms. The molecule has 0 saturated carbocycles. The molecule has 1 aromatic heterocycles. The SMILES string of the molecule is COc1ccc(OC)c(-c2ccc(C(=O)NC3CCN(Cc4ccccc4)CC3)c(N(C)C)n2)c1. The number of amides is 1. The molecular weight excluding hydrogens is 440 g/mol. The van der Waals surface area contributed by atoms with E-state index in [2.05, 4.69) is 34.5 Å². The summed E-state index contributed by atoms with van der Waals surface area (Å²) in [4.78, 5) is 22.4. The number of aromatic nitrogens is 1. The summed E-state index contributed by atoms with van der Waals surface area (Å²) in [5, 5.41) is 3.24. The van der Waals surface area contributed by atoms with Gasteiger partial charge in [0, 0.05) is 45.3 Å². The maximum atomic E-state index is 13.2. The number of carbonyl (C=O) groups excluding carboxylic acids is 1. The van der Waals surface area contributed by atoms with Crippen LogP contribution in [0.5, 0.6) is 11.5 Å². The molecule has 0 atom stereocenters. The molecule has 0 unspecified atom stereocenters. The minimum absolute atomic E-state index is 0.0909. The standard InChI is InChI=1S/C28H34N4O3/c1-31(2)27-23(11-12-25(30-27)24-18-22(34-3)10-13-26(24)35-4)28(33)29-21-14-16-32(17-15-21)19-20-8-6-5-7-9-20/h5-13,18,21H,14-17,19H2,1-4H3,(H,29,33). The fourth-order valence-electron chi connectivity index (χ4n) is 4.47. The van der Waals surface area contributed by atoms with Crippen LogP contribution in [0.1, 0.15) is 28.8 Å². The maximum absolute atomic E-state index is 13.2. The lowest BCUT2D eigenvalue weighted by molar-refractivity contribution is 0.0909. The molecule has 0 radical (unpaired) electrons. The van der Waals surface area contributed by atoms with Gasteiger partial charge >= 0.3 is 0 Å². The van der Waals surface area contributed by atoms with Crippen LogP contribution >= 0.6 is 0 Å². The molecule has 4 rings (SSSR count). The Morgan fingerprint density at radius 2 is 1.77 bits per heavy atom. The molecule has 1 aliphatic rings. The van der Waals surface area contributed by atoms with Crippen molar-refractivity contribution in [2.24, 2.45) is 0 Å². The number of nitrogens with zero attached hydrogens (tertiary/aromatic N) is 3. The molecule has 0 aliphatic carbocycles. The summed E-state index contributed by atoms with van der Waals surface area (Å²) >= 11 is 0. The van der Waals surface area contributed by atoms with Crippen molar-refractivity contribution < 1.29 is 14.3 Å². The second-order valence-corrected chi connectivity index (χ2v) is 9.04. The van der Waals surface area contributed by atoms with E-state index < -0.39 is 0 Å². The Kier molecular flexibility index (Phi) is 7.87. The van der Waals surface area contributed by atoms with Gasteiger partial charge in [0.25, 0.3) is 5.91 Å². The van der Waals surface area contributed by atoms with Crippen molar-refractivity contribution in [2.75, 3.05) is 46.3 Å². The smallest absolute Gasteiger partial charge is 0.255 e. The van der Waals surface area contributed by atoms with E-state index in [4.69, 9.17) is 14.5 Å². The number of pyridine rings is 1. The quantitative estimate of drug-likeness (QED) is 0.527. The highest BCUT2D eigenvalue weighted by Gasteiger charge is 2.24. The van der Waals surface area contributed by atoms with E-state index in [1.54, 1.807) is 14.2 Å². The highest BCUT2D eigenvalue weighted by molar-refractivity contribution is 5.99. The zero-order valence-electron chi connectivity index (χ0n) is 21.0. The number of ether oxygens (including phenoxy) is 2. The average Bonchev–Trinajstić information content (AvgIpc) is 2.89. The topological polar surface area (TPSA) is 66.9 Å². The Morgan fingerprint density at radius 1 is 1.03 bits per heavy atom. The predicted molar refractivity (Wildman–Crippen MR) is 139 cm³/mol. The van der Waals surface area contributed by atoms with Crippen molar-refractivity contribution >= 4 is 11.7 Å². The molecule has 3 aromatic rings. The van der Waals surface area contributed by atoms with Crippen molar-refractivity contribution in [3.8, 4) is 22.8 Å². The third-order valence-electron chi connectivity index (χ3n) is 6.40. The van der Waals surface area contributed by atoms with Crippen LogP contribution in [0.2, 0.25) is 0 Å². The van der Waals surface area contributed by atoms with Gasteiger partial charge in [-0.15, -0.1) is 0 Å². The lowest BCUT2D eigenvalue weighted by atomic mass is 10.0. The van der Waals surface area contributed by atoms with Gasteiger partial charge in [0.15, 0.2) is 0 Å². The van der Waals surface area contributed by atoms with Crippen LogP contribution < -0.4 is 19.7 Å². The van der Waals surface area contributed by atoms with Gasteiger partial charge in [-0.2, -0.15) is 0 Å². The molecule has 7 heteroatoms. The van der Waals surface area contributed by atoms with E-state index in [1.807, 2.05) is 55.4 Å². The van der Waals surface area contributed by atoms with Crippen LogP contribution in [0.25, 0.3) is 11.3 Å². The molecule has 1 N–H and O–H groups in total. The summed E-state index contributed by atoms with van der Waals surface area (Å²) in [6.07, 6.45) is 1.87. The summed E-state index contributed by atoms with van der Waals surface area (Å²) < 4.78 is 10.9. The molecule has 7 nitrogen and oxygen atoms in total. The number of carbonyl (C=O) groups is 1. The van der Waals surface area contributed by atoms with Crippen LogP contribution in [0, 0.1) is 0 Å². The van der Waals surface area contributed by atoms with Crippen LogP contribution in [0.15, 0.2) is 60.7 Å². The Labute approximate surface area is 207 Å². The zero-order chi connectivity index (χ0) is 24.8. The number of methoxy groups -OCH3 is 2. The van der Waals surface area contributed by atoms with Gasteiger partial charge in [-0.3, -0.25) is 9.69 Å². The Balaban J connectivity index is 1.46. The van der Waals surface area contributed by atoms with Gasteiger partial charge in [0.1, 0.15) is 17.3 Å². The third-order valence-corrected chi connectivity index (χ3v) is 6.40. The van der Waals surface area contributed by atoms with Crippen LogP contribution in [0.3, 0.4) is 0 Å². The monoisotopic (exact) mass is 474 g/mol. The van der Waals surface area contributed by atoms with E-state index in [0.29, 0.717) is 17.1 Å². The summed E-state index contributed by atoms with van der Waals surface area (Å²) in [6, 6.07) is 20.0. The molecule has 1 amide bonds. The first-order valence-corrected chi connectivity index (χ1v) is 12.0. The van der Waals surface area contributed by atoms with Crippen LogP contribution in [-0.4, -0.2) is 63.2 Å². The lowest BCUT2D eigenvalue weighted by Crippen LogP contribution is -2.44. The molecule has 184 valence electrons. The van der Waals surface area contributed by atoms with Crippen LogP contribution in [0.4, 0.5) is 5.82 Å². The molecule has 1 saturated heterocycles. The van der Waals surface area contributed by atoms with Gasteiger partial charge < -0.3 is 19.7 Å². The molecule has 0 spiro atoms. The summed E-state index contributed by atoms with van der Waals surface area (Å²) in [5.41, 5.74) is 3.42. The van der Waals surface area contributed by atoms with Crippen molar-refractivity contribution in [3.05, 3.63) is 71.8 Å². The van der Waals surface area contributed by atoms with Crippen molar-refractivity contribution in [3.63, 3.8) is 0 Å². The minimum Gasteiger partial charge on any atom is -0.497 e. The lowest BCUT2D eigenvalue weighted by Gasteiger charge is -2.32. The zero-order valence-corrected chi connectivity index (χ0v) is 21.0. The maximum Gasteiger partial charge on any atom is 0.255 e. The van der Waals surface area contributed by atoms with E-state index >= 15 is 0 Å². The largest absolute Gasteiger partial charge is 0.497 e. The Bertz CT molecular complexity index is 1140. The second-order valence-electron chi connectivity index (χ2n) is 9.04. The van der Waals surface area contributed by atoms with Crippen molar-refractivity contribution in [1.82, 2.24) is 15.2 Å². The molecule has 1 aliphatic heterocycles. The molecule has 2 aromatic carbocycles. The van der Waals surface area contributed by atoms with E-state index in [-0.39, 0.29) is 11.9 Å². The fourth-order valence-corrected chi connectivity index (χ4v) is 4.47. The number of benzene rings is 2. The Morgan fingerprint density at radius 3 is 2.43 bits per heavy atom. The predicted octanol–water partition coefficient (Wildman–Crippen LogP) is 4.23. The van der Waals surface area contributed by atoms with Gasteiger partial charge in [-0.1, -0.05) is 30.3 Å². The fraction of sp³-hybridized carbons (Fsp3) is 0.357. The Hall–Kier alpha value is -3.58. The number of nitrogens with one attached hydrogen (secondary N) is 1. The summed E-state index contributed by atoms with van der Waals surface area (Å²) in [5.74, 6) is 1.94. The normalized spacial score (nSPS) is 14.4. The number of rotatable bonds is 8. The van der Waals surface area contributed by atoms with E-state index in [9.17, 15) is 4.79 Å². The van der Waals surface area contributed by atoms with Gasteiger partial charge in [-0.25, -0.2) is 4.98 Å². The number of hydrogen-bond acceptors (Lipinski definition) is 6. The van der Waals surface area contributed by atoms with Crippen molar-refractivity contribution in [2.45, 2.75) is 25.4 Å². The number of piperidine rings is 1. The average molecular weight is 475 g/mol. The number of hydrogen-bond donors (Lipinski definition) is 1. The molecule has 2 heterocycles. The number of anilines is 1. The first-order chi connectivity index (χ1) is 17.0. The van der Waals surface area contributed by atoms with E-state index in [0.717, 1.165) is 49.5 Å². The first-order valence-electron chi connectivity index (χ1n) is 12.0. The summed E-state index contributed by atoms with van der Waals surface area (Å²) in [6.45, 7) is 2.88. The first kappa shape index (κ1) is 24.5. The van der Waals surface area contributed by atoms with Crippen molar-refractivity contribution in [1.29, 1.82) is 0 Å². The minimum atomic E-state index is -0.0909. The highest BCUT2D eigenvalue weighted by atomic mass is 16.5. The van der Waals surface area contributed by atoms with Gasteiger partial charge in [0.2, 0.25) is 0 Å². The third kappa shape index (κ3) is 5.92. The van der Waals surface area contributed by atoms with E-state index in [1.165, 1.54) is 5.56 Å².